The second-order valence-corrected chi connectivity index (χ2v) is 14.4. The summed E-state index contributed by atoms with van der Waals surface area (Å²) < 4.78 is 136. The van der Waals surface area contributed by atoms with Crippen LogP contribution in [0, 0.1) is 12.9 Å². The van der Waals surface area contributed by atoms with Crippen molar-refractivity contribution in [1.82, 2.24) is 14.5 Å². The zero-order chi connectivity index (χ0) is 52.0. The van der Waals surface area contributed by atoms with Gasteiger partial charge in [0.25, 0.3) is 0 Å². The maximum Gasteiger partial charge on any atom is 0.148 e. The Hall–Kier alpha value is -5.57. The Balaban J connectivity index is 0.00000760. The van der Waals surface area contributed by atoms with Crippen LogP contribution in [0.1, 0.15) is 79.9 Å². The Labute approximate surface area is 367 Å². The van der Waals surface area contributed by atoms with Crippen LogP contribution in [0.4, 0.5) is 0 Å². The van der Waals surface area contributed by atoms with Crippen LogP contribution in [0.5, 0.6) is 5.75 Å². The molecule has 0 spiro atoms. The Morgan fingerprint density at radius 1 is 0.661 bits per heavy atom. The molecule has 2 aromatic heterocycles. The number of aromatic nitrogens is 3. The smallest absolute Gasteiger partial charge is 0.148 e. The predicted octanol–water partition coefficient (Wildman–Crippen LogP) is 13.2. The summed E-state index contributed by atoms with van der Waals surface area (Å²) in [6.45, 7) is -7.82. The molecular formula is C51H46N3OPt-. The van der Waals surface area contributed by atoms with Crippen LogP contribution in [-0.4, -0.2) is 19.6 Å². The van der Waals surface area contributed by atoms with Gasteiger partial charge >= 0.3 is 0 Å². The maximum absolute atomic E-state index is 11.3. The molecule has 282 valence electrons. The number of hydrogen-bond acceptors (Lipinski definition) is 3. The van der Waals surface area contributed by atoms with E-state index in [-0.39, 0.29) is 49.2 Å². The van der Waals surface area contributed by atoms with Gasteiger partial charge in [-0.2, -0.15) is 0 Å². The van der Waals surface area contributed by atoms with E-state index in [2.05, 4.69) is 11.1 Å². The van der Waals surface area contributed by atoms with Gasteiger partial charge in [-0.1, -0.05) is 149 Å². The Kier molecular flexibility index (Phi) is 6.36. The molecule has 0 radical (unpaired) electrons. The van der Waals surface area contributed by atoms with E-state index in [0.29, 0.717) is 50.4 Å². The SMILES string of the molecule is [2H]c1c([2H])c(C(C([2H])([2H])[2H])(C([2H])([2H])[2H])C([2H])([2H])[2H])c([2H])c([2H])c1-c1ccnc(-c2[c-]c(-c3cccc4c3nc(-c3ccccc3O)n4-c3ccc(C([2H])([2H])[2H])cc3-c3ccccc3)cc(C(C)(C)C)c2)c1.[Pt]. The van der Waals surface area contributed by atoms with Crippen LogP contribution in [0.15, 0.2) is 146 Å². The third-order valence-electron chi connectivity index (χ3n) is 9.50. The van der Waals surface area contributed by atoms with Gasteiger partial charge in [0, 0.05) is 55.0 Å². The molecule has 0 unspecified atom stereocenters. The molecule has 0 fully saturated rings. The van der Waals surface area contributed by atoms with Crippen LogP contribution in [0.3, 0.4) is 0 Å². The van der Waals surface area contributed by atoms with Gasteiger partial charge in [0.05, 0.1) is 27.8 Å². The monoisotopic (exact) mass is 927 g/mol. The average molecular weight is 928 g/mol. The van der Waals surface area contributed by atoms with E-state index in [9.17, 15) is 5.11 Å². The molecule has 0 amide bonds. The van der Waals surface area contributed by atoms with Gasteiger partial charge in [0.15, 0.2) is 0 Å². The largest absolute Gasteiger partial charge is 0.507 e. The minimum atomic E-state index is -3.82. The number of phenolic OH excluding ortho intramolecular Hbond substituents is 1. The van der Waals surface area contributed by atoms with Crippen molar-refractivity contribution in [1.29, 1.82) is 0 Å². The van der Waals surface area contributed by atoms with E-state index in [1.165, 1.54) is 18.3 Å². The van der Waals surface area contributed by atoms with Gasteiger partial charge in [-0.25, -0.2) is 4.98 Å². The fraction of sp³-hybridized carbons (Fsp3) is 0.176. The van der Waals surface area contributed by atoms with E-state index < -0.39 is 68.0 Å². The molecule has 0 atom stereocenters. The number of aromatic hydroxyl groups is 1. The molecule has 0 aliphatic heterocycles. The summed E-state index contributed by atoms with van der Waals surface area (Å²) in [6.07, 6.45) is 1.38. The third kappa shape index (κ3) is 7.51. The van der Waals surface area contributed by atoms with Crippen molar-refractivity contribution in [2.45, 2.75) is 59.0 Å². The van der Waals surface area contributed by atoms with Crippen LogP contribution >= 0.6 is 0 Å². The van der Waals surface area contributed by atoms with E-state index in [1.807, 2.05) is 86.0 Å². The Morgan fingerprint density at radius 3 is 2.12 bits per heavy atom. The number of pyridine rings is 1. The maximum atomic E-state index is 11.3. The minimum absolute atomic E-state index is 0. The number of benzene rings is 6. The van der Waals surface area contributed by atoms with E-state index in [1.54, 1.807) is 42.5 Å². The zero-order valence-electron chi connectivity index (χ0n) is 46.7. The first-order valence-electron chi connectivity index (χ1n) is 25.6. The summed E-state index contributed by atoms with van der Waals surface area (Å²) in [7, 11) is 0. The third-order valence-corrected chi connectivity index (χ3v) is 9.50. The molecular weight excluding hydrogens is 866 g/mol. The molecule has 8 aromatic rings. The molecule has 2 heterocycles. The summed E-state index contributed by atoms with van der Waals surface area (Å²) in [4.78, 5) is 9.85. The molecule has 0 bridgehead atoms. The molecule has 6 aromatic carbocycles. The number of hydrogen-bond donors (Lipinski definition) is 1. The normalized spacial score (nSPS) is 16.8. The van der Waals surface area contributed by atoms with Crippen LogP contribution in [0.25, 0.3) is 72.7 Å². The first-order valence-corrected chi connectivity index (χ1v) is 17.6. The van der Waals surface area contributed by atoms with E-state index in [4.69, 9.17) is 26.9 Å². The van der Waals surface area contributed by atoms with Crippen molar-refractivity contribution in [3.05, 3.63) is 168 Å². The number of aryl methyl sites for hydroxylation is 1. The molecule has 5 heteroatoms. The van der Waals surface area contributed by atoms with Crippen LogP contribution in [0.2, 0.25) is 0 Å². The fourth-order valence-corrected chi connectivity index (χ4v) is 6.65. The second kappa shape index (κ2) is 15.2. The number of para-hydroxylation sites is 2. The van der Waals surface area contributed by atoms with Gasteiger partial charge in [-0.3, -0.25) is 9.55 Å². The van der Waals surface area contributed by atoms with Gasteiger partial charge in [0.2, 0.25) is 0 Å². The van der Waals surface area contributed by atoms with Gasteiger partial charge in [-0.15, -0.1) is 29.3 Å². The zero-order valence-corrected chi connectivity index (χ0v) is 32.9. The number of fused-ring (bicyclic) bond motifs is 1. The molecule has 0 aliphatic carbocycles. The molecule has 0 aliphatic rings. The number of rotatable bonds is 6. The molecule has 0 saturated carbocycles. The first kappa shape index (κ1) is 23.5. The minimum Gasteiger partial charge on any atom is -0.507 e. The van der Waals surface area contributed by atoms with Crippen LogP contribution in [-0.2, 0) is 31.9 Å². The number of phenols is 1. The standard InChI is InChI=1S/C51H46N3O.Pt/c1-33-20-25-45(43(28-33)35-14-9-8-10-15-35)54-46-18-13-17-41(48(46)53-49(54)42-16-11-12-19-47(42)55)37-29-38(31-40(30-37)51(5,6)7)44-32-36(26-27-52-44)34-21-23-39(24-22-34)50(2,3)4;/h8-28,30-32,55H,1-7H3;/q-1;/i1D3,2D3,3D3,4D3,21D,22D,23D,24D;. The summed E-state index contributed by atoms with van der Waals surface area (Å²) in [5, 5.41) is 11.3. The Bertz CT molecular complexity index is 3310. The van der Waals surface area contributed by atoms with Crippen molar-refractivity contribution >= 4 is 11.0 Å². The molecule has 0 saturated heterocycles. The van der Waals surface area contributed by atoms with Crippen molar-refractivity contribution in [2.24, 2.45) is 0 Å². The van der Waals surface area contributed by atoms with E-state index in [0.717, 1.165) is 11.1 Å². The van der Waals surface area contributed by atoms with Gasteiger partial charge < -0.3 is 5.11 Å². The molecule has 56 heavy (non-hydrogen) atoms. The second-order valence-electron chi connectivity index (χ2n) is 14.4. The number of nitrogens with zero attached hydrogens (tertiary/aromatic N) is 3. The molecule has 8 rings (SSSR count). The summed E-state index contributed by atoms with van der Waals surface area (Å²) in [5.74, 6) is 0.328. The molecule has 1 N–H and O–H groups in total. The average Bonchev–Trinajstić information content (AvgIpc) is 3.67. The van der Waals surface area contributed by atoms with Crippen molar-refractivity contribution in [3.8, 4) is 67.5 Å². The van der Waals surface area contributed by atoms with Gasteiger partial charge in [0.1, 0.15) is 11.6 Å². The van der Waals surface area contributed by atoms with Gasteiger partial charge in [-0.05, 0) is 76.3 Å². The topological polar surface area (TPSA) is 50.9 Å². The fourth-order valence-electron chi connectivity index (χ4n) is 6.65. The van der Waals surface area contributed by atoms with Crippen LogP contribution < -0.4 is 0 Å². The predicted molar refractivity (Wildman–Crippen MR) is 229 cm³/mol. The van der Waals surface area contributed by atoms with E-state index >= 15 is 0 Å². The van der Waals surface area contributed by atoms with Crippen molar-refractivity contribution in [2.75, 3.05) is 0 Å². The first-order chi connectivity index (χ1) is 33.0. The van der Waals surface area contributed by atoms with Crippen molar-refractivity contribution in [3.63, 3.8) is 0 Å². The Morgan fingerprint density at radius 2 is 1.39 bits per heavy atom. The molecule has 4 nitrogen and oxygen atoms in total. The summed E-state index contributed by atoms with van der Waals surface area (Å²) >= 11 is 0. The quantitative estimate of drug-likeness (QED) is 0.169. The van der Waals surface area contributed by atoms with Crippen molar-refractivity contribution < 1.29 is 48.1 Å². The summed E-state index contributed by atoms with van der Waals surface area (Å²) in [6, 6.07) is 33.0. The number of imidazole rings is 1. The summed E-state index contributed by atoms with van der Waals surface area (Å²) in [5.41, 5.74) is 0.602.